The summed E-state index contributed by atoms with van der Waals surface area (Å²) in [6.45, 7) is 0. The Morgan fingerprint density at radius 2 is 2.11 bits per heavy atom. The number of carbonyl (C=O) groups excluding carboxylic acids is 5. The minimum Gasteiger partial charge on any atom is -0.543 e. The predicted octanol–water partition coefficient (Wildman–Crippen LogP) is -6.58. The van der Waals surface area contributed by atoms with Crippen molar-refractivity contribution in [2.75, 3.05) is 24.3 Å². The van der Waals surface area contributed by atoms with E-state index in [1.807, 2.05) is 0 Å². The average molecular weight is 565 g/mol. The van der Waals surface area contributed by atoms with E-state index in [9.17, 15) is 34.3 Å². The number of β-lactam (4-membered cyclic amide) rings is 1. The molecule has 15 nitrogen and oxygen atoms in total. The molecule has 19 heteroatoms. The van der Waals surface area contributed by atoms with Crippen LogP contribution < -0.4 is 56.5 Å². The summed E-state index contributed by atoms with van der Waals surface area (Å²) < 4.78 is 0. The molecule has 0 radical (unpaired) electrons. The number of fused-ring (bicyclic) bond motifs is 1. The normalized spacial score (nSPS) is 24.2. The first-order chi connectivity index (χ1) is 16.6. The van der Waals surface area contributed by atoms with Crippen molar-refractivity contribution in [3.8, 4) is 0 Å². The number of amides is 4. The molecule has 3 aliphatic rings. The van der Waals surface area contributed by atoms with E-state index in [0.717, 1.165) is 28.0 Å². The first-order valence-corrected chi connectivity index (χ1v) is 12.7. The number of nitrogen functional groups attached to an aromatic ring is 1. The minimum atomic E-state index is -1.56. The van der Waals surface area contributed by atoms with Crippen LogP contribution >= 0.6 is 34.9 Å². The number of carbonyl (C=O) groups is 5. The van der Waals surface area contributed by atoms with Gasteiger partial charge in [-0.3, -0.25) is 29.5 Å². The van der Waals surface area contributed by atoms with Crippen molar-refractivity contribution in [3.05, 3.63) is 22.3 Å². The van der Waals surface area contributed by atoms with E-state index in [-0.39, 0.29) is 57.6 Å². The van der Waals surface area contributed by atoms with Gasteiger partial charge in [-0.15, -0.1) is 34.9 Å². The Labute approximate surface area is 237 Å². The summed E-state index contributed by atoms with van der Waals surface area (Å²) in [5, 5.41) is 31.2. The number of thiazole rings is 1. The van der Waals surface area contributed by atoms with E-state index in [0.29, 0.717) is 5.57 Å². The van der Waals surface area contributed by atoms with Gasteiger partial charge in [-0.25, -0.2) is 4.98 Å². The number of aliphatic carboxylic acids is 1. The van der Waals surface area contributed by atoms with E-state index in [1.54, 1.807) is 0 Å². The number of hydrazine groups is 1. The molecular weight excluding hydrogens is 547 g/mol. The van der Waals surface area contributed by atoms with Gasteiger partial charge in [-0.1, -0.05) is 5.16 Å². The second kappa shape index (κ2) is 11.4. The van der Waals surface area contributed by atoms with Crippen molar-refractivity contribution in [2.45, 2.75) is 16.9 Å². The van der Waals surface area contributed by atoms with E-state index in [4.69, 9.17) is 5.73 Å². The molecule has 36 heavy (non-hydrogen) atoms. The molecule has 2 saturated heterocycles. The van der Waals surface area contributed by atoms with Gasteiger partial charge in [0.1, 0.15) is 22.6 Å². The van der Waals surface area contributed by atoms with Crippen LogP contribution in [0.3, 0.4) is 0 Å². The fourth-order valence-electron chi connectivity index (χ4n) is 3.48. The summed E-state index contributed by atoms with van der Waals surface area (Å²) in [5.74, 6) is -4.44. The number of hydrogen-bond acceptors (Lipinski definition) is 14. The molecule has 3 aliphatic heterocycles. The number of nitrogens with two attached hydrogens (primary N) is 1. The van der Waals surface area contributed by atoms with Crippen LogP contribution in [-0.2, 0) is 24.0 Å². The Morgan fingerprint density at radius 3 is 2.72 bits per heavy atom. The van der Waals surface area contributed by atoms with Gasteiger partial charge in [-0.05, 0) is 5.57 Å². The molecule has 2 fully saturated rings. The number of anilines is 1. The maximum atomic E-state index is 12.8. The molecule has 186 valence electrons. The number of hydrogen-bond donors (Lipinski definition) is 5. The summed E-state index contributed by atoms with van der Waals surface area (Å²) in [6.07, 6.45) is 0. The Bertz CT molecular complexity index is 1190. The maximum absolute atomic E-state index is 12.8. The van der Waals surface area contributed by atoms with Crippen LogP contribution in [0.2, 0.25) is 0 Å². The molecule has 1 aromatic heterocycles. The molecule has 3 atom stereocenters. The number of carboxylic acids is 1. The van der Waals surface area contributed by atoms with E-state index in [1.165, 1.54) is 29.2 Å². The summed E-state index contributed by atoms with van der Waals surface area (Å²) in [4.78, 5) is 65.2. The summed E-state index contributed by atoms with van der Waals surface area (Å²) in [5.41, 5.74) is 6.88. The van der Waals surface area contributed by atoms with Gasteiger partial charge in [0.15, 0.2) is 10.8 Å². The van der Waals surface area contributed by atoms with Gasteiger partial charge < -0.3 is 31.5 Å². The number of nitrogens with zero attached hydrogens (tertiary/aromatic N) is 4. The molecule has 4 amide bonds. The Kier molecular flexibility index (Phi) is 8.91. The number of oxime groups is 1. The zero-order chi connectivity index (χ0) is 25.4. The number of thioether (sulfide) groups is 2. The third-order valence-electron chi connectivity index (χ3n) is 5.11. The standard InChI is InChI=1S/C17H18N8O7S3.Na/c1-24-17(21-11(27)12(28)22-24)35-3-5-2-33-14-8(13(29)25(14)9(5)15(30)31)20-10(26)7(23-32)6-4-34-16(18)19-6;/h4,8,14,17,32H,2-3H2,1H3,(H2,18,19)(H,20,26)(H,21,27)(H,22,28)(H,30,31);/q;+1/p-1/b23-7+;/t8-,14-,17?;/m1./s1. The average Bonchev–Trinajstić information content (AvgIpc) is 3.24. The van der Waals surface area contributed by atoms with Crippen LogP contribution in [0, 0.1) is 0 Å². The molecule has 0 bridgehead atoms. The smallest absolute Gasteiger partial charge is 0.543 e. The largest absolute Gasteiger partial charge is 1.00 e. The molecule has 0 aromatic carbocycles. The quantitative estimate of drug-likeness (QED) is 0.0521. The third kappa shape index (κ3) is 5.34. The molecule has 6 N–H and O–H groups in total. The van der Waals surface area contributed by atoms with Gasteiger partial charge in [-0.2, -0.15) is 5.01 Å². The third-order valence-corrected chi connectivity index (χ3v) is 8.39. The number of aromatic nitrogens is 1. The molecular formula is C17H17N8NaO7S3. The van der Waals surface area contributed by atoms with Crippen LogP contribution in [0.15, 0.2) is 21.8 Å². The number of nitrogens with one attached hydrogen (secondary N) is 3. The van der Waals surface area contributed by atoms with E-state index in [2.05, 4.69) is 26.2 Å². The second-order valence-electron chi connectivity index (χ2n) is 7.31. The predicted molar refractivity (Wildman–Crippen MR) is 122 cm³/mol. The Hall–Kier alpha value is -2.35. The molecule has 0 spiro atoms. The van der Waals surface area contributed by atoms with Crippen LogP contribution in [0.25, 0.3) is 0 Å². The van der Waals surface area contributed by atoms with Crippen molar-refractivity contribution >= 4 is 75.3 Å². The molecule has 0 aliphatic carbocycles. The van der Waals surface area contributed by atoms with Crippen molar-refractivity contribution in [1.82, 2.24) is 31.0 Å². The summed E-state index contributed by atoms with van der Waals surface area (Å²) in [7, 11) is 1.53. The van der Waals surface area contributed by atoms with Crippen LogP contribution in [0.4, 0.5) is 5.13 Å². The second-order valence-corrected chi connectivity index (χ2v) is 10.4. The van der Waals surface area contributed by atoms with E-state index >= 15 is 0 Å². The zero-order valence-electron chi connectivity index (χ0n) is 18.7. The van der Waals surface area contributed by atoms with Gasteiger partial charge in [0, 0.05) is 23.9 Å². The van der Waals surface area contributed by atoms with Gasteiger partial charge in [0.2, 0.25) is 0 Å². The molecule has 0 saturated carbocycles. The van der Waals surface area contributed by atoms with Crippen molar-refractivity contribution in [3.63, 3.8) is 0 Å². The van der Waals surface area contributed by atoms with Crippen LogP contribution in [0.1, 0.15) is 5.69 Å². The monoisotopic (exact) mass is 564 g/mol. The van der Waals surface area contributed by atoms with Gasteiger partial charge in [0.25, 0.3) is 11.8 Å². The Balaban J connectivity index is 0.00000361. The molecule has 4 heterocycles. The van der Waals surface area contributed by atoms with Crippen molar-refractivity contribution < 1.29 is 63.8 Å². The molecule has 4 rings (SSSR count). The van der Waals surface area contributed by atoms with Gasteiger partial charge in [0.05, 0.1) is 11.7 Å². The SMILES string of the molecule is CN1NC(=O)C(=O)NC1SCC1=C(C(=O)[O-])N2C(=O)[C@@H](NC(=O)/C(=N/O)c3csc(N)n3)[C@H]2SC1.[Na+]. The fourth-order valence-corrected chi connectivity index (χ4v) is 6.57. The summed E-state index contributed by atoms with van der Waals surface area (Å²) in [6, 6.07) is -1.07. The molecule has 1 unspecified atom stereocenters. The van der Waals surface area contributed by atoms with Crippen LogP contribution in [-0.4, -0.2) is 90.9 Å². The van der Waals surface area contributed by atoms with Crippen LogP contribution in [0.5, 0.6) is 0 Å². The fraction of sp³-hybridized carbons (Fsp3) is 0.353. The van der Waals surface area contributed by atoms with Crippen molar-refractivity contribution in [2.24, 2.45) is 5.16 Å². The topological polar surface area (TPSA) is 222 Å². The first-order valence-electron chi connectivity index (χ1n) is 9.70. The van der Waals surface area contributed by atoms with Crippen molar-refractivity contribution in [1.29, 1.82) is 0 Å². The van der Waals surface area contributed by atoms with E-state index < -0.39 is 52.2 Å². The summed E-state index contributed by atoms with van der Waals surface area (Å²) >= 11 is 3.39. The maximum Gasteiger partial charge on any atom is 1.00 e. The molecule has 1 aromatic rings. The first kappa shape index (κ1) is 28.2. The minimum absolute atomic E-state index is 0. The number of rotatable bonds is 7. The Morgan fingerprint density at radius 1 is 1.39 bits per heavy atom. The van der Waals surface area contributed by atoms with Gasteiger partial charge >= 0.3 is 41.4 Å². The number of carboxylic acid groups (broad SMARTS) is 1. The zero-order valence-corrected chi connectivity index (χ0v) is 23.2.